The Morgan fingerprint density at radius 1 is 1.44 bits per heavy atom. The number of rotatable bonds is 4. The Bertz CT molecular complexity index is 451. The Labute approximate surface area is 107 Å². The standard InChI is InChI=1S/C14H18N2O2/c1-2-10-4-3-5-13(10)16-15-12-8-6-11(7-9-12)14(17)18/h6-10,15H,2-5H2,1H3,(H,17,18). The summed E-state index contributed by atoms with van der Waals surface area (Å²) in [6, 6.07) is 6.64. The highest BCUT2D eigenvalue weighted by Crippen LogP contribution is 2.25. The second kappa shape index (κ2) is 5.67. The van der Waals surface area contributed by atoms with Crippen LogP contribution in [0.2, 0.25) is 0 Å². The zero-order valence-corrected chi connectivity index (χ0v) is 10.5. The number of carboxylic acids is 1. The molecule has 0 aromatic heterocycles. The van der Waals surface area contributed by atoms with Crippen LogP contribution in [0.4, 0.5) is 5.69 Å². The van der Waals surface area contributed by atoms with Crippen LogP contribution in [-0.4, -0.2) is 16.8 Å². The summed E-state index contributed by atoms with van der Waals surface area (Å²) in [5.74, 6) is -0.300. The zero-order valence-electron chi connectivity index (χ0n) is 10.5. The smallest absolute Gasteiger partial charge is 0.335 e. The van der Waals surface area contributed by atoms with Crippen LogP contribution >= 0.6 is 0 Å². The summed E-state index contributed by atoms with van der Waals surface area (Å²) < 4.78 is 0. The molecule has 0 bridgehead atoms. The Balaban J connectivity index is 2.01. The Morgan fingerprint density at radius 3 is 2.78 bits per heavy atom. The van der Waals surface area contributed by atoms with Crippen LogP contribution in [0.25, 0.3) is 0 Å². The van der Waals surface area contributed by atoms with E-state index >= 15 is 0 Å². The molecule has 0 radical (unpaired) electrons. The van der Waals surface area contributed by atoms with Crippen molar-refractivity contribution in [1.29, 1.82) is 0 Å². The van der Waals surface area contributed by atoms with Crippen LogP contribution < -0.4 is 5.43 Å². The second-order valence-corrected chi connectivity index (χ2v) is 4.59. The fourth-order valence-corrected chi connectivity index (χ4v) is 2.31. The fraction of sp³-hybridized carbons (Fsp3) is 0.429. The minimum atomic E-state index is -0.908. The number of hydrogen-bond acceptors (Lipinski definition) is 3. The van der Waals surface area contributed by atoms with Gasteiger partial charge in [-0.15, -0.1) is 0 Å². The first kappa shape index (κ1) is 12.6. The predicted molar refractivity (Wildman–Crippen MR) is 72.1 cm³/mol. The Morgan fingerprint density at radius 2 is 2.17 bits per heavy atom. The number of anilines is 1. The summed E-state index contributed by atoms with van der Waals surface area (Å²) in [6.07, 6.45) is 4.66. The molecule has 2 N–H and O–H groups in total. The maximum Gasteiger partial charge on any atom is 0.335 e. The zero-order chi connectivity index (χ0) is 13.0. The van der Waals surface area contributed by atoms with E-state index in [4.69, 9.17) is 5.11 Å². The van der Waals surface area contributed by atoms with E-state index in [0.29, 0.717) is 11.5 Å². The molecule has 18 heavy (non-hydrogen) atoms. The average molecular weight is 246 g/mol. The van der Waals surface area contributed by atoms with Gasteiger partial charge in [-0.1, -0.05) is 6.92 Å². The highest BCUT2D eigenvalue weighted by atomic mass is 16.4. The second-order valence-electron chi connectivity index (χ2n) is 4.59. The molecule has 2 rings (SSSR count). The largest absolute Gasteiger partial charge is 0.478 e. The van der Waals surface area contributed by atoms with E-state index in [-0.39, 0.29) is 0 Å². The third kappa shape index (κ3) is 2.88. The third-order valence-electron chi connectivity index (χ3n) is 3.41. The molecule has 1 atom stereocenters. The highest BCUT2D eigenvalue weighted by molar-refractivity contribution is 5.89. The molecule has 0 aliphatic heterocycles. The van der Waals surface area contributed by atoms with E-state index in [1.807, 2.05) is 0 Å². The first-order valence-electron chi connectivity index (χ1n) is 6.36. The van der Waals surface area contributed by atoms with Gasteiger partial charge in [0.1, 0.15) is 0 Å². The van der Waals surface area contributed by atoms with Gasteiger partial charge in [0.25, 0.3) is 0 Å². The summed E-state index contributed by atoms with van der Waals surface area (Å²) in [5.41, 5.74) is 5.37. The minimum Gasteiger partial charge on any atom is -0.478 e. The van der Waals surface area contributed by atoms with E-state index in [1.54, 1.807) is 24.3 Å². The molecule has 1 aromatic carbocycles. The fourth-order valence-electron chi connectivity index (χ4n) is 2.31. The molecule has 1 unspecified atom stereocenters. The lowest BCUT2D eigenvalue weighted by Gasteiger charge is -2.08. The summed E-state index contributed by atoms with van der Waals surface area (Å²) in [7, 11) is 0. The molecular weight excluding hydrogens is 228 g/mol. The van der Waals surface area contributed by atoms with Crippen LogP contribution in [-0.2, 0) is 0 Å². The number of hydrogen-bond donors (Lipinski definition) is 2. The normalized spacial score (nSPS) is 21.2. The van der Waals surface area contributed by atoms with Gasteiger partial charge in [-0.2, -0.15) is 5.10 Å². The third-order valence-corrected chi connectivity index (χ3v) is 3.41. The van der Waals surface area contributed by atoms with E-state index in [0.717, 1.165) is 18.5 Å². The van der Waals surface area contributed by atoms with Crippen molar-refractivity contribution in [2.24, 2.45) is 11.0 Å². The quantitative estimate of drug-likeness (QED) is 0.801. The number of hydrazone groups is 1. The van der Waals surface area contributed by atoms with Crippen molar-refractivity contribution in [3.8, 4) is 0 Å². The summed E-state index contributed by atoms with van der Waals surface area (Å²) >= 11 is 0. The number of carboxylic acid groups (broad SMARTS) is 1. The minimum absolute atomic E-state index is 0.292. The molecule has 0 heterocycles. The van der Waals surface area contributed by atoms with Gasteiger partial charge in [-0.05, 0) is 55.9 Å². The molecule has 0 saturated heterocycles. The molecule has 4 heteroatoms. The lowest BCUT2D eigenvalue weighted by molar-refractivity contribution is 0.0697. The van der Waals surface area contributed by atoms with Crippen molar-refractivity contribution < 1.29 is 9.90 Å². The first-order chi connectivity index (χ1) is 8.70. The van der Waals surface area contributed by atoms with Crippen LogP contribution in [0.3, 0.4) is 0 Å². The highest BCUT2D eigenvalue weighted by Gasteiger charge is 2.20. The molecule has 1 aliphatic rings. The number of nitrogens with zero attached hydrogens (tertiary/aromatic N) is 1. The molecule has 1 aromatic rings. The van der Waals surface area contributed by atoms with Crippen molar-refractivity contribution in [2.75, 3.05) is 5.43 Å². The maximum atomic E-state index is 10.7. The van der Waals surface area contributed by atoms with Crippen molar-refractivity contribution in [2.45, 2.75) is 32.6 Å². The average Bonchev–Trinajstić information content (AvgIpc) is 2.84. The van der Waals surface area contributed by atoms with E-state index in [1.165, 1.54) is 18.6 Å². The van der Waals surface area contributed by atoms with Gasteiger partial charge in [-0.3, -0.25) is 5.43 Å². The molecule has 0 spiro atoms. The maximum absolute atomic E-state index is 10.7. The van der Waals surface area contributed by atoms with Crippen molar-refractivity contribution in [3.05, 3.63) is 29.8 Å². The molecular formula is C14H18N2O2. The van der Waals surface area contributed by atoms with Gasteiger partial charge in [0.05, 0.1) is 11.3 Å². The van der Waals surface area contributed by atoms with Gasteiger partial charge >= 0.3 is 5.97 Å². The molecule has 0 amide bonds. The number of carbonyl (C=O) groups is 1. The Kier molecular flexibility index (Phi) is 3.97. The lowest BCUT2D eigenvalue weighted by Crippen LogP contribution is -2.07. The van der Waals surface area contributed by atoms with E-state index < -0.39 is 5.97 Å². The first-order valence-corrected chi connectivity index (χ1v) is 6.36. The molecule has 1 saturated carbocycles. The SMILES string of the molecule is CCC1CCCC1=NNc1ccc(C(=O)O)cc1. The van der Waals surface area contributed by atoms with Crippen LogP contribution in [0, 0.1) is 5.92 Å². The number of aromatic carboxylic acids is 1. The Hall–Kier alpha value is -1.84. The number of benzene rings is 1. The van der Waals surface area contributed by atoms with Crippen LogP contribution in [0.5, 0.6) is 0 Å². The van der Waals surface area contributed by atoms with Gasteiger partial charge in [0.2, 0.25) is 0 Å². The molecule has 1 fully saturated rings. The molecule has 1 aliphatic carbocycles. The van der Waals surface area contributed by atoms with Crippen molar-refractivity contribution in [1.82, 2.24) is 0 Å². The van der Waals surface area contributed by atoms with E-state index in [9.17, 15) is 4.79 Å². The lowest BCUT2D eigenvalue weighted by atomic mass is 10.0. The van der Waals surface area contributed by atoms with E-state index in [2.05, 4.69) is 17.5 Å². The van der Waals surface area contributed by atoms with Crippen molar-refractivity contribution in [3.63, 3.8) is 0 Å². The topological polar surface area (TPSA) is 61.7 Å². The predicted octanol–water partition coefficient (Wildman–Crippen LogP) is 3.36. The van der Waals surface area contributed by atoms with Crippen LogP contribution in [0.1, 0.15) is 43.0 Å². The summed E-state index contributed by atoms with van der Waals surface area (Å²) in [6.45, 7) is 2.19. The molecule has 96 valence electrons. The monoisotopic (exact) mass is 246 g/mol. The van der Waals surface area contributed by atoms with Gasteiger partial charge in [0.15, 0.2) is 0 Å². The summed E-state index contributed by atoms with van der Waals surface area (Å²) in [5, 5.41) is 13.2. The summed E-state index contributed by atoms with van der Waals surface area (Å²) in [4.78, 5) is 10.7. The van der Waals surface area contributed by atoms with Gasteiger partial charge in [0, 0.05) is 5.71 Å². The molecule has 4 nitrogen and oxygen atoms in total. The van der Waals surface area contributed by atoms with Crippen LogP contribution in [0.15, 0.2) is 29.4 Å². The van der Waals surface area contributed by atoms with Gasteiger partial charge < -0.3 is 5.11 Å². The van der Waals surface area contributed by atoms with Crippen molar-refractivity contribution >= 4 is 17.4 Å². The van der Waals surface area contributed by atoms with Gasteiger partial charge in [-0.25, -0.2) is 4.79 Å². The number of nitrogens with one attached hydrogen (secondary N) is 1.